The molecule has 2 atom stereocenters. The van der Waals surface area contributed by atoms with E-state index in [-0.39, 0.29) is 12.8 Å². The van der Waals surface area contributed by atoms with Gasteiger partial charge in [0.25, 0.3) is 5.56 Å². The van der Waals surface area contributed by atoms with Crippen molar-refractivity contribution in [1.82, 2.24) is 9.55 Å². The largest absolute Gasteiger partial charge is 0.393 e. The standard InChI is InChI=1S/C10H12F2N2O3/c11-7-4-14(9(17)13-8(7)16)6-1-2-10(12,3-6)5-15/h4,6,15H,1-3,5H2,(H,13,16,17). The van der Waals surface area contributed by atoms with Gasteiger partial charge in [-0.15, -0.1) is 0 Å². The van der Waals surface area contributed by atoms with Crippen molar-refractivity contribution in [3.63, 3.8) is 0 Å². The van der Waals surface area contributed by atoms with Gasteiger partial charge in [0.05, 0.1) is 12.8 Å². The maximum absolute atomic E-state index is 13.8. The molecular formula is C10H12F2N2O3. The molecule has 2 N–H and O–H groups in total. The lowest BCUT2D eigenvalue weighted by Crippen LogP contribution is -2.34. The van der Waals surface area contributed by atoms with E-state index in [1.54, 1.807) is 0 Å². The summed E-state index contributed by atoms with van der Waals surface area (Å²) in [4.78, 5) is 24.1. The van der Waals surface area contributed by atoms with E-state index in [0.717, 1.165) is 10.8 Å². The summed E-state index contributed by atoms with van der Waals surface area (Å²) in [6, 6.07) is -0.536. The molecule has 1 heterocycles. The molecule has 1 fully saturated rings. The van der Waals surface area contributed by atoms with Gasteiger partial charge in [-0.3, -0.25) is 14.3 Å². The van der Waals surface area contributed by atoms with Crippen molar-refractivity contribution >= 4 is 0 Å². The molecule has 0 radical (unpaired) electrons. The number of nitrogens with one attached hydrogen (secondary N) is 1. The van der Waals surface area contributed by atoms with E-state index in [1.807, 2.05) is 4.98 Å². The third kappa shape index (κ3) is 2.14. The van der Waals surface area contributed by atoms with Gasteiger partial charge in [0.15, 0.2) is 0 Å². The SMILES string of the molecule is O=c1[nH]c(=O)n(C2CCC(F)(CO)C2)cc1F. The summed E-state index contributed by atoms with van der Waals surface area (Å²) in [6.07, 6.45) is 1.16. The fraction of sp³-hybridized carbons (Fsp3) is 0.600. The van der Waals surface area contributed by atoms with Crippen molar-refractivity contribution in [2.75, 3.05) is 6.61 Å². The van der Waals surface area contributed by atoms with E-state index < -0.39 is 35.4 Å². The number of halogens is 2. The van der Waals surface area contributed by atoms with Gasteiger partial charge in [0, 0.05) is 12.5 Å². The van der Waals surface area contributed by atoms with Crippen LogP contribution in [0.5, 0.6) is 0 Å². The van der Waals surface area contributed by atoms with Gasteiger partial charge in [0.2, 0.25) is 5.82 Å². The first kappa shape index (κ1) is 12.0. The second kappa shape index (κ2) is 4.06. The van der Waals surface area contributed by atoms with Crippen molar-refractivity contribution in [1.29, 1.82) is 0 Å². The summed E-state index contributed by atoms with van der Waals surface area (Å²) in [5.41, 5.74) is -3.57. The first-order valence-electron chi connectivity index (χ1n) is 5.26. The Kier molecular flexibility index (Phi) is 2.86. The van der Waals surface area contributed by atoms with Crippen molar-refractivity contribution < 1.29 is 13.9 Å². The van der Waals surface area contributed by atoms with Crippen LogP contribution in [0.25, 0.3) is 0 Å². The summed E-state index contributed by atoms with van der Waals surface area (Å²) in [5.74, 6) is -1.08. The van der Waals surface area contributed by atoms with Crippen LogP contribution in [0.3, 0.4) is 0 Å². The molecule has 1 saturated carbocycles. The average Bonchev–Trinajstić information content (AvgIpc) is 2.67. The zero-order valence-corrected chi connectivity index (χ0v) is 8.95. The molecule has 1 aliphatic rings. The monoisotopic (exact) mass is 246 g/mol. The molecule has 0 spiro atoms. The Labute approximate surface area is 94.7 Å². The number of rotatable bonds is 2. The average molecular weight is 246 g/mol. The van der Waals surface area contributed by atoms with Crippen LogP contribution in [-0.4, -0.2) is 26.9 Å². The van der Waals surface area contributed by atoms with Gasteiger partial charge < -0.3 is 5.11 Å². The van der Waals surface area contributed by atoms with Gasteiger partial charge in [-0.1, -0.05) is 0 Å². The molecule has 2 rings (SSSR count). The molecule has 0 aliphatic heterocycles. The minimum Gasteiger partial charge on any atom is -0.393 e. The number of aromatic amines is 1. The van der Waals surface area contributed by atoms with Gasteiger partial charge in [-0.05, 0) is 12.8 Å². The Morgan fingerprint density at radius 3 is 2.88 bits per heavy atom. The predicted octanol–water partition coefficient (Wildman–Crippen LogP) is 0.101. The lowest BCUT2D eigenvalue weighted by atomic mass is 10.1. The lowest BCUT2D eigenvalue weighted by molar-refractivity contribution is 0.0737. The number of alkyl halides is 1. The normalized spacial score (nSPS) is 28.5. The quantitative estimate of drug-likeness (QED) is 0.777. The van der Waals surface area contributed by atoms with Crippen LogP contribution in [0, 0.1) is 5.82 Å². The topological polar surface area (TPSA) is 75.1 Å². The number of H-pyrrole nitrogens is 1. The minimum absolute atomic E-state index is 0.0606. The van der Waals surface area contributed by atoms with E-state index in [9.17, 15) is 18.4 Å². The molecule has 0 amide bonds. The number of aliphatic hydroxyl groups excluding tert-OH is 1. The van der Waals surface area contributed by atoms with E-state index in [4.69, 9.17) is 5.11 Å². The highest BCUT2D eigenvalue weighted by molar-refractivity contribution is 4.96. The van der Waals surface area contributed by atoms with E-state index in [0.29, 0.717) is 6.42 Å². The van der Waals surface area contributed by atoms with Crippen molar-refractivity contribution in [3.05, 3.63) is 32.9 Å². The lowest BCUT2D eigenvalue weighted by Gasteiger charge is -2.17. The van der Waals surface area contributed by atoms with Gasteiger partial charge in [-0.25, -0.2) is 9.18 Å². The molecule has 0 bridgehead atoms. The summed E-state index contributed by atoms with van der Waals surface area (Å²) >= 11 is 0. The summed E-state index contributed by atoms with van der Waals surface area (Å²) in [5, 5.41) is 8.86. The van der Waals surface area contributed by atoms with Crippen LogP contribution in [0.2, 0.25) is 0 Å². The molecule has 2 unspecified atom stereocenters. The van der Waals surface area contributed by atoms with Gasteiger partial charge in [-0.2, -0.15) is 4.39 Å². The summed E-state index contributed by atoms with van der Waals surface area (Å²) in [7, 11) is 0. The maximum atomic E-state index is 13.8. The molecule has 1 aliphatic carbocycles. The van der Waals surface area contributed by atoms with Crippen LogP contribution in [-0.2, 0) is 0 Å². The highest BCUT2D eigenvalue weighted by Gasteiger charge is 2.40. The molecule has 1 aromatic rings. The number of hydrogen-bond donors (Lipinski definition) is 2. The van der Waals surface area contributed by atoms with E-state index in [2.05, 4.69) is 0 Å². The highest BCUT2D eigenvalue weighted by atomic mass is 19.1. The fourth-order valence-corrected chi connectivity index (χ4v) is 2.16. The second-order valence-electron chi connectivity index (χ2n) is 4.35. The maximum Gasteiger partial charge on any atom is 0.328 e. The molecule has 1 aromatic heterocycles. The molecule has 0 aromatic carbocycles. The highest BCUT2D eigenvalue weighted by Crippen LogP contribution is 2.39. The zero-order valence-electron chi connectivity index (χ0n) is 8.95. The number of aromatic nitrogens is 2. The number of nitrogens with zero attached hydrogens (tertiary/aromatic N) is 1. The Balaban J connectivity index is 2.34. The summed E-state index contributed by atoms with van der Waals surface area (Å²) < 4.78 is 27.8. The predicted molar refractivity (Wildman–Crippen MR) is 55.1 cm³/mol. The van der Waals surface area contributed by atoms with Crippen LogP contribution in [0.15, 0.2) is 15.8 Å². The molecule has 17 heavy (non-hydrogen) atoms. The Morgan fingerprint density at radius 1 is 1.59 bits per heavy atom. The van der Waals surface area contributed by atoms with Crippen molar-refractivity contribution in [2.24, 2.45) is 0 Å². The Hall–Kier alpha value is -1.50. The zero-order chi connectivity index (χ0) is 12.6. The molecule has 94 valence electrons. The number of aliphatic hydroxyl groups is 1. The first-order valence-corrected chi connectivity index (χ1v) is 5.26. The van der Waals surface area contributed by atoms with Crippen LogP contribution < -0.4 is 11.2 Å². The van der Waals surface area contributed by atoms with Crippen molar-refractivity contribution in [2.45, 2.75) is 31.0 Å². The molecular weight excluding hydrogens is 234 g/mol. The Bertz CT molecular complexity index is 539. The van der Waals surface area contributed by atoms with E-state index in [1.165, 1.54) is 0 Å². The molecule has 0 saturated heterocycles. The van der Waals surface area contributed by atoms with Crippen LogP contribution in [0.1, 0.15) is 25.3 Å². The minimum atomic E-state index is -1.73. The van der Waals surface area contributed by atoms with E-state index >= 15 is 0 Å². The Morgan fingerprint density at radius 2 is 2.29 bits per heavy atom. The smallest absolute Gasteiger partial charge is 0.328 e. The fourth-order valence-electron chi connectivity index (χ4n) is 2.16. The van der Waals surface area contributed by atoms with Gasteiger partial charge in [0.1, 0.15) is 5.67 Å². The molecule has 7 heteroatoms. The second-order valence-corrected chi connectivity index (χ2v) is 4.35. The van der Waals surface area contributed by atoms with Crippen LogP contribution >= 0.6 is 0 Å². The first-order chi connectivity index (χ1) is 7.95. The third-order valence-corrected chi connectivity index (χ3v) is 3.13. The molecule has 5 nitrogen and oxygen atoms in total. The van der Waals surface area contributed by atoms with Crippen molar-refractivity contribution in [3.8, 4) is 0 Å². The van der Waals surface area contributed by atoms with Crippen LogP contribution in [0.4, 0.5) is 8.78 Å². The number of hydrogen-bond acceptors (Lipinski definition) is 3. The summed E-state index contributed by atoms with van der Waals surface area (Å²) in [6.45, 7) is -0.621. The van der Waals surface area contributed by atoms with Gasteiger partial charge >= 0.3 is 5.69 Å². The third-order valence-electron chi connectivity index (χ3n) is 3.13.